The summed E-state index contributed by atoms with van der Waals surface area (Å²) in [5.41, 5.74) is 1.59. The van der Waals surface area contributed by atoms with Crippen LogP contribution >= 0.6 is 0 Å². The van der Waals surface area contributed by atoms with E-state index in [-0.39, 0.29) is 11.9 Å². The van der Waals surface area contributed by atoms with Crippen LogP contribution in [0.5, 0.6) is 11.6 Å². The van der Waals surface area contributed by atoms with Crippen LogP contribution in [0.15, 0.2) is 36.4 Å². The second kappa shape index (κ2) is 7.94. The van der Waals surface area contributed by atoms with Gasteiger partial charge >= 0.3 is 0 Å². The Bertz CT molecular complexity index is 703. The Kier molecular flexibility index (Phi) is 5.45. The van der Waals surface area contributed by atoms with Gasteiger partial charge in [-0.3, -0.25) is 9.69 Å². The van der Waals surface area contributed by atoms with Crippen molar-refractivity contribution in [3.05, 3.63) is 42.1 Å². The summed E-state index contributed by atoms with van der Waals surface area (Å²) < 4.78 is 10.2. The summed E-state index contributed by atoms with van der Waals surface area (Å²) in [6, 6.07) is 10.8. The van der Waals surface area contributed by atoms with Gasteiger partial charge in [-0.05, 0) is 49.7 Å². The number of methoxy groups -OCH3 is 2. The molecular formula is C18H22N4O3. The zero-order valence-electron chi connectivity index (χ0n) is 14.4. The molecule has 2 aromatic rings. The molecule has 7 nitrogen and oxygen atoms in total. The van der Waals surface area contributed by atoms with E-state index in [0.29, 0.717) is 12.4 Å². The van der Waals surface area contributed by atoms with E-state index in [2.05, 4.69) is 20.4 Å². The number of benzene rings is 1. The van der Waals surface area contributed by atoms with Crippen molar-refractivity contribution in [1.29, 1.82) is 0 Å². The maximum absolute atomic E-state index is 12.6. The van der Waals surface area contributed by atoms with Gasteiger partial charge in [-0.2, -0.15) is 5.10 Å². The molecule has 3 rings (SSSR count). The molecule has 1 atom stereocenters. The molecule has 1 unspecified atom stereocenters. The molecule has 0 spiro atoms. The molecule has 1 aliphatic rings. The number of likely N-dealkylation sites (tertiary alicyclic amines) is 1. The third-order valence-electron chi connectivity index (χ3n) is 4.29. The summed E-state index contributed by atoms with van der Waals surface area (Å²) in [6.07, 6.45) is 1.83. The molecule has 1 N–H and O–H groups in total. The number of rotatable bonds is 6. The first-order chi connectivity index (χ1) is 12.2. The predicted molar refractivity (Wildman–Crippen MR) is 93.6 cm³/mol. The summed E-state index contributed by atoms with van der Waals surface area (Å²) >= 11 is 0. The van der Waals surface area contributed by atoms with Crippen LogP contribution in [0.25, 0.3) is 0 Å². The van der Waals surface area contributed by atoms with Crippen molar-refractivity contribution >= 4 is 11.6 Å². The highest BCUT2D eigenvalue weighted by molar-refractivity contribution is 5.95. The first kappa shape index (κ1) is 17.2. The molecule has 132 valence electrons. The number of nitrogens with zero attached hydrogens (tertiary/aromatic N) is 3. The number of ether oxygens (including phenoxy) is 2. The number of amides is 1. The van der Waals surface area contributed by atoms with Gasteiger partial charge in [-0.15, -0.1) is 5.10 Å². The van der Waals surface area contributed by atoms with Crippen LogP contribution in [0.1, 0.15) is 18.5 Å². The Morgan fingerprint density at radius 2 is 1.96 bits per heavy atom. The average molecular weight is 342 g/mol. The number of hydrogen-bond acceptors (Lipinski definition) is 6. The second-order valence-corrected chi connectivity index (χ2v) is 5.91. The van der Waals surface area contributed by atoms with Crippen LogP contribution in [0.3, 0.4) is 0 Å². The van der Waals surface area contributed by atoms with Gasteiger partial charge in [0.2, 0.25) is 11.8 Å². The molecular weight excluding hydrogens is 320 g/mol. The number of anilines is 1. The normalized spacial score (nSPS) is 17.3. The highest BCUT2D eigenvalue weighted by Gasteiger charge is 2.31. The van der Waals surface area contributed by atoms with Crippen molar-refractivity contribution in [3.8, 4) is 11.6 Å². The third-order valence-corrected chi connectivity index (χ3v) is 4.29. The Morgan fingerprint density at radius 3 is 2.60 bits per heavy atom. The largest absolute Gasteiger partial charge is 0.497 e. The number of nitrogens with one attached hydrogen (secondary N) is 1. The van der Waals surface area contributed by atoms with Gasteiger partial charge in [0.15, 0.2) is 0 Å². The Morgan fingerprint density at radius 1 is 1.16 bits per heavy atom. The molecule has 0 saturated carbocycles. The summed E-state index contributed by atoms with van der Waals surface area (Å²) in [5.74, 6) is 1.25. The SMILES string of the molecule is COc1ccc(NC(=O)C2CCCN2Cc2ccc(OC)nn2)cc1. The summed E-state index contributed by atoms with van der Waals surface area (Å²) in [7, 11) is 3.18. The van der Waals surface area contributed by atoms with Crippen LogP contribution in [0, 0.1) is 0 Å². The molecule has 1 saturated heterocycles. The molecule has 0 bridgehead atoms. The Labute approximate surface area is 147 Å². The van der Waals surface area contributed by atoms with E-state index in [1.54, 1.807) is 20.3 Å². The van der Waals surface area contributed by atoms with Crippen molar-refractivity contribution < 1.29 is 14.3 Å². The molecule has 1 amide bonds. The minimum atomic E-state index is -0.161. The van der Waals surface area contributed by atoms with Crippen LogP contribution < -0.4 is 14.8 Å². The van der Waals surface area contributed by atoms with E-state index < -0.39 is 0 Å². The fraction of sp³-hybridized carbons (Fsp3) is 0.389. The highest BCUT2D eigenvalue weighted by atomic mass is 16.5. The van der Waals surface area contributed by atoms with Crippen molar-refractivity contribution in [2.24, 2.45) is 0 Å². The monoisotopic (exact) mass is 342 g/mol. The minimum absolute atomic E-state index is 0.00383. The Hall–Kier alpha value is -2.67. The van der Waals surface area contributed by atoms with Crippen molar-refractivity contribution in [1.82, 2.24) is 15.1 Å². The Balaban J connectivity index is 1.62. The summed E-state index contributed by atoms with van der Waals surface area (Å²) in [5, 5.41) is 11.1. The molecule has 1 aliphatic heterocycles. The molecule has 1 aromatic heterocycles. The third kappa shape index (κ3) is 4.24. The predicted octanol–water partition coefficient (Wildman–Crippen LogP) is 2.10. The quantitative estimate of drug-likeness (QED) is 0.866. The van der Waals surface area contributed by atoms with Gasteiger partial charge in [-0.25, -0.2) is 0 Å². The minimum Gasteiger partial charge on any atom is -0.497 e. The van der Waals surface area contributed by atoms with Crippen LogP contribution in [0.2, 0.25) is 0 Å². The van der Waals surface area contributed by atoms with E-state index >= 15 is 0 Å². The second-order valence-electron chi connectivity index (χ2n) is 5.91. The molecule has 1 aromatic carbocycles. The zero-order valence-corrected chi connectivity index (χ0v) is 14.4. The summed E-state index contributed by atoms with van der Waals surface area (Å²) in [6.45, 7) is 1.46. The van der Waals surface area contributed by atoms with Crippen molar-refractivity contribution in [2.75, 3.05) is 26.1 Å². The lowest BCUT2D eigenvalue weighted by molar-refractivity contribution is -0.120. The fourth-order valence-electron chi connectivity index (χ4n) is 2.96. The smallest absolute Gasteiger partial charge is 0.241 e. The van der Waals surface area contributed by atoms with Gasteiger partial charge < -0.3 is 14.8 Å². The van der Waals surface area contributed by atoms with Crippen LogP contribution in [-0.4, -0.2) is 47.8 Å². The summed E-state index contributed by atoms with van der Waals surface area (Å²) in [4.78, 5) is 14.8. The highest BCUT2D eigenvalue weighted by Crippen LogP contribution is 2.22. The topological polar surface area (TPSA) is 76.6 Å². The van der Waals surface area contributed by atoms with E-state index in [9.17, 15) is 4.79 Å². The van der Waals surface area contributed by atoms with E-state index in [1.165, 1.54) is 0 Å². The maximum atomic E-state index is 12.6. The van der Waals surface area contributed by atoms with Crippen molar-refractivity contribution in [3.63, 3.8) is 0 Å². The molecule has 1 fully saturated rings. The maximum Gasteiger partial charge on any atom is 0.241 e. The molecule has 0 radical (unpaired) electrons. The van der Waals surface area contributed by atoms with Gasteiger partial charge in [0, 0.05) is 18.3 Å². The number of hydrogen-bond donors (Lipinski definition) is 1. The van der Waals surface area contributed by atoms with E-state index in [1.807, 2.05) is 30.3 Å². The van der Waals surface area contributed by atoms with Crippen molar-refractivity contribution in [2.45, 2.75) is 25.4 Å². The number of aromatic nitrogens is 2. The first-order valence-electron chi connectivity index (χ1n) is 8.25. The lowest BCUT2D eigenvalue weighted by Crippen LogP contribution is -2.39. The van der Waals surface area contributed by atoms with Gasteiger partial charge in [0.1, 0.15) is 5.75 Å². The van der Waals surface area contributed by atoms with E-state index in [0.717, 1.165) is 36.5 Å². The zero-order chi connectivity index (χ0) is 17.6. The lowest BCUT2D eigenvalue weighted by Gasteiger charge is -2.23. The molecule has 2 heterocycles. The molecule has 0 aliphatic carbocycles. The first-order valence-corrected chi connectivity index (χ1v) is 8.25. The van der Waals surface area contributed by atoms with E-state index in [4.69, 9.17) is 9.47 Å². The van der Waals surface area contributed by atoms with Gasteiger partial charge in [0.05, 0.1) is 26.0 Å². The number of carbonyl (C=O) groups excluding carboxylic acids is 1. The number of carbonyl (C=O) groups is 1. The average Bonchev–Trinajstić information content (AvgIpc) is 3.11. The van der Waals surface area contributed by atoms with Gasteiger partial charge in [0.25, 0.3) is 0 Å². The molecule has 7 heteroatoms. The molecule has 25 heavy (non-hydrogen) atoms. The van der Waals surface area contributed by atoms with Gasteiger partial charge in [-0.1, -0.05) is 0 Å². The standard InChI is InChI=1S/C18H22N4O3/c1-24-15-8-5-13(6-9-15)19-18(23)16-4-3-11-22(16)12-14-7-10-17(25-2)21-20-14/h5-10,16H,3-4,11-12H2,1-2H3,(H,19,23). The lowest BCUT2D eigenvalue weighted by atomic mass is 10.2. The fourth-order valence-corrected chi connectivity index (χ4v) is 2.96. The van der Waals surface area contributed by atoms with Crippen LogP contribution in [0.4, 0.5) is 5.69 Å². The van der Waals surface area contributed by atoms with Crippen LogP contribution in [-0.2, 0) is 11.3 Å².